The van der Waals surface area contributed by atoms with Crippen molar-refractivity contribution in [1.82, 2.24) is 14.3 Å². The number of H-pyrrole nitrogens is 1. The highest BCUT2D eigenvalue weighted by molar-refractivity contribution is 7.09. The fourth-order valence-electron chi connectivity index (χ4n) is 2.30. The molecular formula is C15H18N4S. The highest BCUT2D eigenvalue weighted by atomic mass is 32.1. The van der Waals surface area contributed by atoms with E-state index >= 15 is 0 Å². The van der Waals surface area contributed by atoms with Crippen molar-refractivity contribution in [2.24, 2.45) is 0 Å². The number of hydrogen-bond acceptors (Lipinski definition) is 4. The summed E-state index contributed by atoms with van der Waals surface area (Å²) in [4.78, 5) is 10.2. The van der Waals surface area contributed by atoms with Crippen molar-refractivity contribution in [3.63, 3.8) is 0 Å². The molecule has 104 valence electrons. The van der Waals surface area contributed by atoms with Crippen LogP contribution in [0.1, 0.15) is 25.2 Å². The second-order valence-electron chi connectivity index (χ2n) is 4.72. The predicted octanol–water partition coefficient (Wildman–Crippen LogP) is 3.61. The predicted molar refractivity (Wildman–Crippen MR) is 84.3 cm³/mol. The normalized spacial score (nSPS) is 11.1. The van der Waals surface area contributed by atoms with E-state index in [2.05, 4.69) is 63.6 Å². The molecule has 20 heavy (non-hydrogen) atoms. The SMILES string of the molecule is CCc1nsc(N(CC)Cc2c[nH]c3ccccc23)n1. The minimum Gasteiger partial charge on any atom is -0.361 e. The van der Waals surface area contributed by atoms with Crippen molar-refractivity contribution in [2.45, 2.75) is 26.8 Å². The van der Waals surface area contributed by atoms with Crippen LogP contribution in [0.2, 0.25) is 0 Å². The van der Waals surface area contributed by atoms with Crippen LogP contribution < -0.4 is 4.90 Å². The van der Waals surface area contributed by atoms with Gasteiger partial charge >= 0.3 is 0 Å². The van der Waals surface area contributed by atoms with Crippen LogP contribution in [0.5, 0.6) is 0 Å². The Morgan fingerprint density at radius 3 is 2.85 bits per heavy atom. The summed E-state index contributed by atoms with van der Waals surface area (Å²) in [5.74, 6) is 0.933. The zero-order valence-electron chi connectivity index (χ0n) is 11.8. The maximum atomic E-state index is 4.58. The standard InChI is InChI=1S/C15H18N4S/c1-3-14-17-15(20-18-14)19(4-2)10-11-9-16-13-8-6-5-7-12(11)13/h5-9,16H,3-4,10H2,1-2H3. The van der Waals surface area contributed by atoms with Gasteiger partial charge in [-0.05, 0) is 18.6 Å². The molecule has 0 radical (unpaired) electrons. The van der Waals surface area contributed by atoms with E-state index in [0.717, 1.165) is 30.5 Å². The summed E-state index contributed by atoms with van der Waals surface area (Å²) in [5.41, 5.74) is 2.49. The van der Waals surface area contributed by atoms with Gasteiger partial charge in [-0.2, -0.15) is 4.37 Å². The van der Waals surface area contributed by atoms with Crippen LogP contribution in [0.4, 0.5) is 5.13 Å². The summed E-state index contributed by atoms with van der Waals surface area (Å²) < 4.78 is 4.38. The molecule has 1 N–H and O–H groups in total. The lowest BCUT2D eigenvalue weighted by atomic mass is 10.1. The molecule has 0 aliphatic rings. The fraction of sp³-hybridized carbons (Fsp3) is 0.333. The number of hydrogen-bond donors (Lipinski definition) is 1. The molecule has 0 saturated carbocycles. The van der Waals surface area contributed by atoms with E-state index in [1.54, 1.807) is 0 Å². The number of benzene rings is 1. The second kappa shape index (κ2) is 5.63. The Kier molecular flexibility index (Phi) is 3.69. The van der Waals surface area contributed by atoms with Gasteiger partial charge in [-0.25, -0.2) is 4.98 Å². The van der Waals surface area contributed by atoms with Gasteiger partial charge < -0.3 is 9.88 Å². The first kappa shape index (κ1) is 13.1. The van der Waals surface area contributed by atoms with Crippen LogP contribution in [0.3, 0.4) is 0 Å². The Hall–Kier alpha value is -1.88. The van der Waals surface area contributed by atoms with E-state index in [1.807, 2.05) is 0 Å². The van der Waals surface area contributed by atoms with Crippen molar-refractivity contribution in [2.75, 3.05) is 11.4 Å². The van der Waals surface area contributed by atoms with Gasteiger partial charge in [0.05, 0.1) is 0 Å². The first-order valence-corrected chi connectivity index (χ1v) is 7.71. The van der Waals surface area contributed by atoms with E-state index in [0.29, 0.717) is 0 Å². The molecule has 2 aromatic heterocycles. The third kappa shape index (κ3) is 2.41. The van der Waals surface area contributed by atoms with Crippen LogP contribution in [0, 0.1) is 0 Å². The van der Waals surface area contributed by atoms with Crippen molar-refractivity contribution < 1.29 is 0 Å². The van der Waals surface area contributed by atoms with Gasteiger partial charge in [0.15, 0.2) is 0 Å². The largest absolute Gasteiger partial charge is 0.361 e. The molecule has 0 amide bonds. The highest BCUT2D eigenvalue weighted by Crippen LogP contribution is 2.23. The molecule has 0 fully saturated rings. The van der Waals surface area contributed by atoms with Crippen LogP contribution in [-0.4, -0.2) is 20.9 Å². The minimum absolute atomic E-state index is 0.860. The lowest BCUT2D eigenvalue weighted by Crippen LogP contribution is -2.21. The van der Waals surface area contributed by atoms with Gasteiger partial charge in [0.25, 0.3) is 0 Å². The van der Waals surface area contributed by atoms with Crippen LogP contribution in [-0.2, 0) is 13.0 Å². The maximum Gasteiger partial charge on any atom is 0.205 e. The zero-order valence-corrected chi connectivity index (χ0v) is 12.6. The molecule has 0 atom stereocenters. The first-order valence-electron chi connectivity index (χ1n) is 6.94. The average molecular weight is 286 g/mol. The molecule has 3 rings (SSSR count). The Morgan fingerprint density at radius 1 is 1.25 bits per heavy atom. The molecule has 2 heterocycles. The highest BCUT2D eigenvalue weighted by Gasteiger charge is 2.13. The number of rotatable bonds is 5. The molecule has 5 heteroatoms. The molecule has 0 aliphatic heterocycles. The van der Waals surface area contributed by atoms with Crippen molar-refractivity contribution in [1.29, 1.82) is 0 Å². The molecule has 0 spiro atoms. The zero-order chi connectivity index (χ0) is 13.9. The quantitative estimate of drug-likeness (QED) is 0.779. The smallest absolute Gasteiger partial charge is 0.205 e. The van der Waals surface area contributed by atoms with Crippen LogP contribution in [0.15, 0.2) is 30.5 Å². The molecule has 0 aliphatic carbocycles. The summed E-state index contributed by atoms with van der Waals surface area (Å²) in [6, 6.07) is 8.40. The van der Waals surface area contributed by atoms with Crippen LogP contribution >= 0.6 is 11.5 Å². The number of fused-ring (bicyclic) bond motifs is 1. The summed E-state index contributed by atoms with van der Waals surface area (Å²) in [5, 5.41) is 2.29. The number of aromatic amines is 1. The fourth-order valence-corrected chi connectivity index (χ4v) is 3.11. The van der Waals surface area contributed by atoms with Crippen molar-refractivity contribution >= 4 is 27.6 Å². The van der Waals surface area contributed by atoms with Gasteiger partial charge in [-0.3, -0.25) is 0 Å². The summed E-state index contributed by atoms with van der Waals surface area (Å²) in [6.07, 6.45) is 2.98. The van der Waals surface area contributed by atoms with Crippen molar-refractivity contribution in [3.8, 4) is 0 Å². The lowest BCUT2D eigenvalue weighted by molar-refractivity contribution is 0.824. The van der Waals surface area contributed by atoms with Gasteiger partial charge in [-0.1, -0.05) is 25.1 Å². The van der Waals surface area contributed by atoms with E-state index in [4.69, 9.17) is 0 Å². The Morgan fingerprint density at radius 2 is 2.10 bits per heavy atom. The minimum atomic E-state index is 0.860. The van der Waals surface area contributed by atoms with Crippen LogP contribution in [0.25, 0.3) is 10.9 Å². The second-order valence-corrected chi connectivity index (χ2v) is 5.45. The number of aryl methyl sites for hydroxylation is 1. The maximum absolute atomic E-state index is 4.58. The molecule has 0 saturated heterocycles. The number of nitrogens with zero attached hydrogens (tertiary/aromatic N) is 3. The Labute approximate surface area is 122 Å². The van der Waals surface area contributed by atoms with Crippen molar-refractivity contribution in [3.05, 3.63) is 41.9 Å². The topological polar surface area (TPSA) is 44.8 Å². The molecule has 4 nitrogen and oxygen atoms in total. The van der Waals surface area contributed by atoms with Gasteiger partial charge in [0.2, 0.25) is 5.13 Å². The van der Waals surface area contributed by atoms with Gasteiger partial charge in [0.1, 0.15) is 5.82 Å². The number of para-hydroxylation sites is 1. The molecular weight excluding hydrogens is 268 g/mol. The summed E-state index contributed by atoms with van der Waals surface area (Å²) in [7, 11) is 0. The monoisotopic (exact) mass is 286 g/mol. The lowest BCUT2D eigenvalue weighted by Gasteiger charge is -2.18. The van der Waals surface area contributed by atoms with E-state index in [1.165, 1.54) is 28.0 Å². The Bertz CT molecular complexity index is 701. The third-order valence-corrected chi connectivity index (χ3v) is 4.28. The average Bonchev–Trinajstić information content (AvgIpc) is 3.11. The van der Waals surface area contributed by atoms with E-state index < -0.39 is 0 Å². The van der Waals surface area contributed by atoms with Gasteiger partial charge in [0, 0.05) is 48.1 Å². The Balaban J connectivity index is 1.87. The van der Waals surface area contributed by atoms with E-state index in [-0.39, 0.29) is 0 Å². The molecule has 1 aromatic carbocycles. The third-order valence-electron chi connectivity index (χ3n) is 3.46. The first-order chi connectivity index (χ1) is 9.81. The molecule has 3 aromatic rings. The number of nitrogens with one attached hydrogen (secondary N) is 1. The molecule has 0 bridgehead atoms. The molecule has 0 unspecified atom stereocenters. The number of aromatic nitrogens is 3. The van der Waals surface area contributed by atoms with E-state index in [9.17, 15) is 0 Å². The summed E-state index contributed by atoms with van der Waals surface area (Å²) in [6.45, 7) is 6.03. The number of anilines is 1. The summed E-state index contributed by atoms with van der Waals surface area (Å²) >= 11 is 1.49. The van der Waals surface area contributed by atoms with Gasteiger partial charge in [-0.15, -0.1) is 0 Å².